The molecule has 0 saturated carbocycles. The van der Waals surface area contributed by atoms with Crippen LogP contribution in [0, 0.1) is 0 Å². The molecule has 94 valence electrons. The Morgan fingerprint density at radius 2 is 2.18 bits per heavy atom. The third-order valence-electron chi connectivity index (χ3n) is 3.36. The normalized spacial score (nSPS) is 28.2. The maximum absolute atomic E-state index is 12.1. The van der Waals surface area contributed by atoms with E-state index in [-0.39, 0.29) is 24.3 Å². The van der Waals surface area contributed by atoms with Gasteiger partial charge in [0.1, 0.15) is 6.04 Å². The predicted octanol–water partition coefficient (Wildman–Crippen LogP) is -0.269. The molecule has 2 aliphatic rings. The van der Waals surface area contributed by atoms with Crippen LogP contribution in [0.1, 0.15) is 32.1 Å². The molecular formula is C11H16N2O4. The molecule has 0 aliphatic carbocycles. The van der Waals surface area contributed by atoms with Crippen LogP contribution >= 0.6 is 0 Å². The molecule has 0 aromatic heterocycles. The Hall–Kier alpha value is -1.59. The molecule has 2 aliphatic heterocycles. The van der Waals surface area contributed by atoms with E-state index < -0.39 is 12.0 Å². The van der Waals surface area contributed by atoms with Gasteiger partial charge in [0.05, 0.1) is 6.42 Å². The first-order valence-electron chi connectivity index (χ1n) is 5.89. The van der Waals surface area contributed by atoms with Crippen molar-refractivity contribution in [3.63, 3.8) is 0 Å². The van der Waals surface area contributed by atoms with Crippen molar-refractivity contribution in [3.8, 4) is 0 Å². The van der Waals surface area contributed by atoms with Crippen LogP contribution in [0.3, 0.4) is 0 Å². The second-order valence-corrected chi connectivity index (χ2v) is 4.58. The number of nitrogens with zero attached hydrogens (tertiary/aromatic N) is 1. The number of carbonyl (C=O) groups is 3. The van der Waals surface area contributed by atoms with Crippen molar-refractivity contribution >= 4 is 17.8 Å². The zero-order chi connectivity index (χ0) is 12.4. The number of rotatable bonds is 3. The van der Waals surface area contributed by atoms with Gasteiger partial charge in [-0.3, -0.25) is 14.4 Å². The number of nitrogens with one attached hydrogen (secondary N) is 1. The number of aliphatic carboxylic acids is 1. The second-order valence-electron chi connectivity index (χ2n) is 4.58. The van der Waals surface area contributed by atoms with Gasteiger partial charge < -0.3 is 15.3 Å². The third kappa shape index (κ3) is 2.57. The van der Waals surface area contributed by atoms with E-state index in [9.17, 15) is 14.4 Å². The summed E-state index contributed by atoms with van der Waals surface area (Å²) in [4.78, 5) is 35.5. The van der Waals surface area contributed by atoms with Gasteiger partial charge in [-0.1, -0.05) is 0 Å². The molecule has 2 atom stereocenters. The fraction of sp³-hybridized carbons (Fsp3) is 0.727. The third-order valence-corrected chi connectivity index (χ3v) is 3.36. The molecule has 0 radical (unpaired) electrons. The highest BCUT2D eigenvalue weighted by molar-refractivity contribution is 5.91. The molecule has 2 heterocycles. The van der Waals surface area contributed by atoms with Crippen molar-refractivity contribution in [3.05, 3.63) is 0 Å². The first-order chi connectivity index (χ1) is 8.08. The molecule has 6 nitrogen and oxygen atoms in total. The van der Waals surface area contributed by atoms with Crippen LogP contribution in [0.2, 0.25) is 0 Å². The number of carbonyl (C=O) groups excluding carboxylic acids is 2. The van der Waals surface area contributed by atoms with Gasteiger partial charge in [-0.15, -0.1) is 0 Å². The number of amides is 2. The Morgan fingerprint density at radius 3 is 2.76 bits per heavy atom. The zero-order valence-electron chi connectivity index (χ0n) is 9.52. The Bertz CT molecular complexity index is 355. The summed E-state index contributed by atoms with van der Waals surface area (Å²) in [5, 5.41) is 11.4. The molecule has 6 heteroatoms. The van der Waals surface area contributed by atoms with Gasteiger partial charge in [0, 0.05) is 19.0 Å². The molecule has 2 fully saturated rings. The topological polar surface area (TPSA) is 86.7 Å². The van der Waals surface area contributed by atoms with E-state index >= 15 is 0 Å². The average molecular weight is 240 g/mol. The van der Waals surface area contributed by atoms with Gasteiger partial charge >= 0.3 is 5.97 Å². The standard InChI is InChI=1S/C11H16N2O4/c14-9-4-3-8(12-9)11(17)13-5-1-2-7(13)6-10(15)16/h7-8H,1-6H2,(H,12,14)(H,15,16)/t7?,8-/m0/s1. The van der Waals surface area contributed by atoms with Gasteiger partial charge in [0.15, 0.2) is 0 Å². The maximum Gasteiger partial charge on any atom is 0.305 e. The maximum atomic E-state index is 12.1. The van der Waals surface area contributed by atoms with Crippen molar-refractivity contribution in [2.45, 2.75) is 44.2 Å². The minimum absolute atomic E-state index is 0.00753. The van der Waals surface area contributed by atoms with Crippen LogP contribution in [-0.4, -0.2) is 46.4 Å². The number of carboxylic acids is 1. The second kappa shape index (κ2) is 4.73. The van der Waals surface area contributed by atoms with Crippen LogP contribution in [0.15, 0.2) is 0 Å². The van der Waals surface area contributed by atoms with Crippen LogP contribution in [0.4, 0.5) is 0 Å². The lowest BCUT2D eigenvalue weighted by atomic mass is 10.1. The van der Waals surface area contributed by atoms with Gasteiger partial charge in [-0.2, -0.15) is 0 Å². The number of likely N-dealkylation sites (tertiary alicyclic amines) is 1. The Kier molecular flexibility index (Phi) is 3.31. The molecule has 0 aromatic rings. The number of hydrogen-bond donors (Lipinski definition) is 2. The highest BCUT2D eigenvalue weighted by atomic mass is 16.4. The van der Waals surface area contributed by atoms with E-state index in [0.717, 1.165) is 12.8 Å². The number of carboxylic acid groups (broad SMARTS) is 1. The lowest BCUT2D eigenvalue weighted by molar-refractivity contribution is -0.140. The summed E-state index contributed by atoms with van der Waals surface area (Å²) in [5.41, 5.74) is 0. The van der Waals surface area contributed by atoms with E-state index in [1.54, 1.807) is 4.90 Å². The zero-order valence-corrected chi connectivity index (χ0v) is 9.52. The largest absolute Gasteiger partial charge is 0.481 e. The van der Waals surface area contributed by atoms with Crippen molar-refractivity contribution < 1.29 is 19.5 Å². The SMILES string of the molecule is O=C(O)CC1CCCN1C(=O)[C@@H]1CCC(=O)N1. The summed E-state index contributed by atoms with van der Waals surface area (Å²) >= 11 is 0. The molecular weight excluding hydrogens is 224 g/mol. The van der Waals surface area contributed by atoms with Crippen molar-refractivity contribution in [2.24, 2.45) is 0 Å². The molecule has 2 N–H and O–H groups in total. The van der Waals surface area contributed by atoms with E-state index in [4.69, 9.17) is 5.11 Å². The monoisotopic (exact) mass is 240 g/mol. The predicted molar refractivity (Wildman–Crippen MR) is 58.2 cm³/mol. The fourth-order valence-electron chi connectivity index (χ4n) is 2.54. The summed E-state index contributed by atoms with van der Waals surface area (Å²) in [6.45, 7) is 0.600. The highest BCUT2D eigenvalue weighted by Crippen LogP contribution is 2.22. The van der Waals surface area contributed by atoms with E-state index in [1.165, 1.54) is 0 Å². The average Bonchev–Trinajstić information content (AvgIpc) is 2.85. The molecule has 2 amide bonds. The van der Waals surface area contributed by atoms with Gasteiger partial charge in [0.25, 0.3) is 0 Å². The summed E-state index contributed by atoms with van der Waals surface area (Å²) in [6, 6.07) is -0.658. The lowest BCUT2D eigenvalue weighted by Crippen LogP contribution is -2.47. The van der Waals surface area contributed by atoms with Crippen LogP contribution < -0.4 is 5.32 Å². The van der Waals surface area contributed by atoms with E-state index in [2.05, 4.69) is 5.32 Å². The summed E-state index contributed by atoms with van der Waals surface area (Å²) in [6.07, 6.45) is 2.47. The first kappa shape index (κ1) is 11.9. The van der Waals surface area contributed by atoms with Crippen molar-refractivity contribution in [1.29, 1.82) is 0 Å². The van der Waals surface area contributed by atoms with Gasteiger partial charge in [-0.05, 0) is 19.3 Å². The molecule has 0 aromatic carbocycles. The lowest BCUT2D eigenvalue weighted by Gasteiger charge is -2.26. The van der Waals surface area contributed by atoms with Gasteiger partial charge in [0.2, 0.25) is 11.8 Å². The molecule has 0 bridgehead atoms. The Balaban J connectivity index is 1.98. The minimum Gasteiger partial charge on any atom is -0.481 e. The molecule has 0 spiro atoms. The summed E-state index contributed by atoms with van der Waals surface area (Å²) in [7, 11) is 0. The molecule has 17 heavy (non-hydrogen) atoms. The fourth-order valence-corrected chi connectivity index (χ4v) is 2.54. The minimum atomic E-state index is -0.884. The van der Waals surface area contributed by atoms with E-state index in [1.807, 2.05) is 0 Å². The van der Waals surface area contributed by atoms with Crippen molar-refractivity contribution in [1.82, 2.24) is 10.2 Å². The Labute approximate surface area is 99.0 Å². The Morgan fingerprint density at radius 1 is 1.41 bits per heavy atom. The van der Waals surface area contributed by atoms with Crippen LogP contribution in [0.25, 0.3) is 0 Å². The summed E-state index contributed by atoms with van der Waals surface area (Å²) < 4.78 is 0. The highest BCUT2D eigenvalue weighted by Gasteiger charge is 2.36. The first-order valence-corrected chi connectivity index (χ1v) is 5.89. The van der Waals surface area contributed by atoms with Crippen molar-refractivity contribution in [2.75, 3.05) is 6.54 Å². The van der Waals surface area contributed by atoms with Crippen LogP contribution in [0.5, 0.6) is 0 Å². The number of hydrogen-bond acceptors (Lipinski definition) is 3. The molecule has 2 rings (SSSR count). The summed E-state index contributed by atoms with van der Waals surface area (Å²) in [5.74, 6) is -1.11. The van der Waals surface area contributed by atoms with Gasteiger partial charge in [-0.25, -0.2) is 0 Å². The smallest absolute Gasteiger partial charge is 0.305 e. The molecule has 2 saturated heterocycles. The molecule has 1 unspecified atom stereocenters. The van der Waals surface area contributed by atoms with Crippen LogP contribution in [-0.2, 0) is 14.4 Å². The van der Waals surface area contributed by atoms with E-state index in [0.29, 0.717) is 19.4 Å². The quantitative estimate of drug-likeness (QED) is 0.711.